The fraction of sp³-hybridized carbons (Fsp3) is 0.500. The number of pyridine rings is 1. The third-order valence-corrected chi connectivity index (χ3v) is 3.04. The van der Waals surface area contributed by atoms with Gasteiger partial charge in [0.1, 0.15) is 0 Å². The van der Waals surface area contributed by atoms with Crippen LogP contribution in [-0.4, -0.2) is 39.5 Å². The molecular formula is C14H20N2O3. The van der Waals surface area contributed by atoms with E-state index in [0.29, 0.717) is 19.4 Å². The van der Waals surface area contributed by atoms with Gasteiger partial charge in [-0.1, -0.05) is 0 Å². The number of aromatic nitrogens is 1. The zero-order valence-corrected chi connectivity index (χ0v) is 11.4. The van der Waals surface area contributed by atoms with E-state index in [1.807, 2.05) is 19.1 Å². The molecule has 1 atom stereocenters. The number of hydrogen-bond donors (Lipinski definition) is 1. The van der Waals surface area contributed by atoms with Crippen molar-refractivity contribution < 1.29 is 14.7 Å². The Labute approximate surface area is 113 Å². The van der Waals surface area contributed by atoms with Crippen molar-refractivity contribution in [3.8, 4) is 0 Å². The molecule has 1 unspecified atom stereocenters. The molecule has 1 aromatic rings. The van der Waals surface area contributed by atoms with Crippen LogP contribution >= 0.6 is 0 Å². The van der Waals surface area contributed by atoms with E-state index in [4.69, 9.17) is 5.11 Å². The molecule has 104 valence electrons. The normalized spacial score (nSPS) is 11.9. The third-order valence-electron chi connectivity index (χ3n) is 3.04. The Kier molecular flexibility index (Phi) is 5.99. The van der Waals surface area contributed by atoms with Crippen molar-refractivity contribution in [2.75, 3.05) is 6.54 Å². The van der Waals surface area contributed by atoms with Gasteiger partial charge in [-0.25, -0.2) is 0 Å². The van der Waals surface area contributed by atoms with Crippen LogP contribution in [0.5, 0.6) is 0 Å². The molecule has 5 heteroatoms. The van der Waals surface area contributed by atoms with Crippen LogP contribution in [0.1, 0.15) is 32.3 Å². The molecule has 1 amide bonds. The van der Waals surface area contributed by atoms with Crippen molar-refractivity contribution in [2.24, 2.45) is 0 Å². The molecule has 0 saturated carbocycles. The van der Waals surface area contributed by atoms with Crippen molar-refractivity contribution in [3.05, 3.63) is 30.1 Å². The predicted octanol–water partition coefficient (Wildman–Crippen LogP) is 1.73. The van der Waals surface area contributed by atoms with Crippen molar-refractivity contribution in [2.45, 2.75) is 39.2 Å². The Balaban J connectivity index is 2.52. The number of carbonyl (C=O) groups excluding carboxylic acids is 1. The van der Waals surface area contributed by atoms with Crippen LogP contribution in [0.15, 0.2) is 24.5 Å². The highest BCUT2D eigenvalue weighted by atomic mass is 16.4. The number of carboxylic acid groups (broad SMARTS) is 1. The zero-order chi connectivity index (χ0) is 14.3. The van der Waals surface area contributed by atoms with Gasteiger partial charge in [0.25, 0.3) is 0 Å². The minimum Gasteiger partial charge on any atom is -0.481 e. The Morgan fingerprint density at radius 3 is 2.53 bits per heavy atom. The monoisotopic (exact) mass is 264 g/mol. The Morgan fingerprint density at radius 1 is 1.37 bits per heavy atom. The molecule has 0 aromatic carbocycles. The fourth-order valence-corrected chi connectivity index (χ4v) is 2.04. The van der Waals surface area contributed by atoms with Crippen LogP contribution in [0.2, 0.25) is 0 Å². The van der Waals surface area contributed by atoms with E-state index in [-0.39, 0.29) is 18.4 Å². The van der Waals surface area contributed by atoms with Gasteiger partial charge >= 0.3 is 5.97 Å². The van der Waals surface area contributed by atoms with Gasteiger partial charge in [-0.2, -0.15) is 0 Å². The maximum Gasteiger partial charge on any atom is 0.305 e. The van der Waals surface area contributed by atoms with Crippen LogP contribution < -0.4 is 0 Å². The van der Waals surface area contributed by atoms with Crippen molar-refractivity contribution >= 4 is 11.9 Å². The molecule has 1 rings (SSSR count). The van der Waals surface area contributed by atoms with Crippen LogP contribution in [0.4, 0.5) is 0 Å². The van der Waals surface area contributed by atoms with Gasteiger partial charge < -0.3 is 10.0 Å². The molecule has 19 heavy (non-hydrogen) atoms. The summed E-state index contributed by atoms with van der Waals surface area (Å²) in [4.78, 5) is 28.3. The van der Waals surface area contributed by atoms with Crippen molar-refractivity contribution in [1.29, 1.82) is 0 Å². The first kappa shape index (κ1) is 15.1. The summed E-state index contributed by atoms with van der Waals surface area (Å²) in [5.41, 5.74) is 1.06. The number of amides is 1. The first-order valence-electron chi connectivity index (χ1n) is 6.44. The standard InChI is InChI=1S/C14H20N2O3/c1-3-16(11(2)10-14(18)19)13(17)5-4-12-6-8-15-9-7-12/h6-9,11H,3-5,10H2,1-2H3,(H,18,19). The SMILES string of the molecule is CCN(C(=O)CCc1ccncc1)C(C)CC(=O)O. The molecule has 5 nitrogen and oxygen atoms in total. The zero-order valence-electron chi connectivity index (χ0n) is 11.4. The average molecular weight is 264 g/mol. The van der Waals surface area contributed by atoms with E-state index in [1.165, 1.54) is 0 Å². The minimum absolute atomic E-state index is 0.00642. The molecule has 0 bridgehead atoms. The van der Waals surface area contributed by atoms with Gasteiger partial charge in [-0.15, -0.1) is 0 Å². The first-order chi connectivity index (χ1) is 9.04. The van der Waals surface area contributed by atoms with Gasteiger partial charge in [0, 0.05) is 31.4 Å². The van der Waals surface area contributed by atoms with Gasteiger partial charge in [0.05, 0.1) is 6.42 Å². The number of hydrogen-bond acceptors (Lipinski definition) is 3. The van der Waals surface area contributed by atoms with E-state index in [2.05, 4.69) is 4.98 Å². The van der Waals surface area contributed by atoms with E-state index < -0.39 is 5.97 Å². The minimum atomic E-state index is -0.882. The first-order valence-corrected chi connectivity index (χ1v) is 6.44. The third kappa shape index (κ3) is 5.07. The second kappa shape index (κ2) is 7.51. The molecule has 0 radical (unpaired) electrons. The Hall–Kier alpha value is -1.91. The molecule has 0 aliphatic carbocycles. The molecule has 0 spiro atoms. The van der Waals surface area contributed by atoms with Crippen LogP contribution in [0, 0.1) is 0 Å². The van der Waals surface area contributed by atoms with Gasteiger partial charge in [0.15, 0.2) is 0 Å². The fourth-order valence-electron chi connectivity index (χ4n) is 2.04. The average Bonchev–Trinajstić information content (AvgIpc) is 2.37. The summed E-state index contributed by atoms with van der Waals surface area (Å²) < 4.78 is 0. The number of nitrogens with zero attached hydrogens (tertiary/aromatic N) is 2. The van der Waals surface area contributed by atoms with Crippen LogP contribution in [0.3, 0.4) is 0 Å². The summed E-state index contributed by atoms with van der Waals surface area (Å²) in [6.45, 7) is 4.16. The summed E-state index contributed by atoms with van der Waals surface area (Å²) in [7, 11) is 0. The maximum absolute atomic E-state index is 12.1. The quantitative estimate of drug-likeness (QED) is 0.814. The van der Waals surface area contributed by atoms with Crippen molar-refractivity contribution in [3.63, 3.8) is 0 Å². The van der Waals surface area contributed by atoms with Crippen LogP contribution in [-0.2, 0) is 16.0 Å². The van der Waals surface area contributed by atoms with Gasteiger partial charge in [0.2, 0.25) is 5.91 Å². The smallest absolute Gasteiger partial charge is 0.305 e. The molecule has 1 heterocycles. The number of aliphatic carboxylic acids is 1. The number of carboxylic acids is 1. The number of rotatable bonds is 7. The molecule has 1 N–H and O–H groups in total. The van der Waals surface area contributed by atoms with E-state index in [9.17, 15) is 9.59 Å². The van der Waals surface area contributed by atoms with Gasteiger partial charge in [-0.05, 0) is 38.0 Å². The molecule has 1 aromatic heterocycles. The summed E-state index contributed by atoms with van der Waals surface area (Å²) in [6, 6.07) is 3.49. The molecule has 0 aliphatic heterocycles. The van der Waals surface area contributed by atoms with Gasteiger partial charge in [-0.3, -0.25) is 14.6 Å². The maximum atomic E-state index is 12.1. The van der Waals surface area contributed by atoms with Crippen molar-refractivity contribution in [1.82, 2.24) is 9.88 Å². The second-order valence-electron chi connectivity index (χ2n) is 4.48. The van der Waals surface area contributed by atoms with Crippen LogP contribution in [0.25, 0.3) is 0 Å². The summed E-state index contributed by atoms with van der Waals surface area (Å²) >= 11 is 0. The topological polar surface area (TPSA) is 70.5 Å². The van der Waals surface area contributed by atoms with E-state index >= 15 is 0 Å². The summed E-state index contributed by atoms with van der Waals surface area (Å²) in [6.07, 6.45) is 4.42. The predicted molar refractivity (Wildman–Crippen MR) is 71.7 cm³/mol. The molecular weight excluding hydrogens is 244 g/mol. The molecule has 0 aliphatic rings. The molecule has 0 saturated heterocycles. The Bertz CT molecular complexity index is 420. The lowest BCUT2D eigenvalue weighted by Crippen LogP contribution is -2.39. The lowest BCUT2D eigenvalue weighted by Gasteiger charge is -2.27. The second-order valence-corrected chi connectivity index (χ2v) is 4.48. The van der Waals surface area contributed by atoms with E-state index in [0.717, 1.165) is 5.56 Å². The van der Waals surface area contributed by atoms with E-state index in [1.54, 1.807) is 24.2 Å². The number of aryl methyl sites for hydroxylation is 1. The lowest BCUT2D eigenvalue weighted by molar-refractivity contribution is -0.140. The summed E-state index contributed by atoms with van der Waals surface area (Å²) in [5.74, 6) is -0.888. The summed E-state index contributed by atoms with van der Waals surface area (Å²) in [5, 5.41) is 8.77. The highest BCUT2D eigenvalue weighted by molar-refractivity contribution is 5.77. The molecule has 0 fully saturated rings. The Morgan fingerprint density at radius 2 is 2.00 bits per heavy atom. The highest BCUT2D eigenvalue weighted by Crippen LogP contribution is 2.09. The highest BCUT2D eigenvalue weighted by Gasteiger charge is 2.20. The largest absolute Gasteiger partial charge is 0.481 e. The lowest BCUT2D eigenvalue weighted by atomic mass is 10.1. The number of carbonyl (C=O) groups is 2.